The number of carbonyl (C=O) groups is 2. The van der Waals surface area contributed by atoms with Gasteiger partial charge in [0.15, 0.2) is 0 Å². The van der Waals surface area contributed by atoms with E-state index in [0.717, 1.165) is 21.2 Å². The van der Waals surface area contributed by atoms with Crippen molar-refractivity contribution in [3.8, 4) is 11.6 Å². The van der Waals surface area contributed by atoms with Gasteiger partial charge >= 0.3 is 6.09 Å². The van der Waals surface area contributed by atoms with Gasteiger partial charge in [-0.25, -0.2) is 14.8 Å². The van der Waals surface area contributed by atoms with Crippen LogP contribution in [0.2, 0.25) is 0 Å². The van der Waals surface area contributed by atoms with Gasteiger partial charge in [0.2, 0.25) is 11.8 Å². The minimum Gasteiger partial charge on any atom is -0.464 e. The number of carboxylic acid groups (broad SMARTS) is 1. The zero-order valence-corrected chi connectivity index (χ0v) is 17.4. The molecule has 30 heavy (non-hydrogen) atoms. The number of aromatic nitrogens is 3. The van der Waals surface area contributed by atoms with E-state index in [4.69, 9.17) is 4.74 Å². The number of amides is 1. The number of ether oxygens (including phenoxy) is 1. The molecule has 0 unspecified atom stereocenters. The van der Waals surface area contributed by atoms with E-state index in [-0.39, 0.29) is 11.9 Å². The maximum atomic E-state index is 12.8. The van der Waals surface area contributed by atoms with Crippen LogP contribution < -0.4 is 4.74 Å². The largest absolute Gasteiger partial charge is 0.464 e. The van der Waals surface area contributed by atoms with Gasteiger partial charge in [-0.2, -0.15) is 0 Å². The summed E-state index contributed by atoms with van der Waals surface area (Å²) in [5.74, 6) is 1.12. The molecule has 0 radical (unpaired) electrons. The lowest BCUT2D eigenvalue weighted by molar-refractivity contribution is -0.142. The first-order valence-electron chi connectivity index (χ1n) is 9.81. The molecule has 0 aliphatic carbocycles. The topological polar surface area (TPSA) is 97.6 Å². The molecule has 1 aliphatic heterocycles. The molecule has 156 valence electrons. The molecule has 3 heterocycles. The van der Waals surface area contributed by atoms with E-state index in [1.165, 1.54) is 12.5 Å². The third kappa shape index (κ3) is 3.49. The average Bonchev–Trinajstić information content (AvgIpc) is 3.10. The molecule has 1 amide bonds. The molecule has 8 nitrogen and oxygen atoms in total. The van der Waals surface area contributed by atoms with Crippen molar-refractivity contribution < 1.29 is 19.4 Å². The first-order valence-corrected chi connectivity index (χ1v) is 9.81. The Kier molecular flexibility index (Phi) is 4.72. The molecule has 3 aromatic rings. The predicted molar refractivity (Wildman–Crippen MR) is 111 cm³/mol. The van der Waals surface area contributed by atoms with Crippen molar-refractivity contribution in [3.05, 3.63) is 48.0 Å². The standard InChI is InChI=1S/C22H24N4O4/c1-13-9-16-17(11-26(13)20(27)22(2,3)4)23-12-24-19(16)30-15-5-6-18-14(10-15)7-8-25(18)21(28)29/h5-8,10,12-13H,9,11H2,1-4H3,(H,28,29)/t13-/m0/s1. The Bertz CT molecular complexity index is 1150. The fourth-order valence-electron chi connectivity index (χ4n) is 3.75. The molecule has 1 aromatic carbocycles. The smallest absolute Gasteiger partial charge is 0.415 e. The first kappa shape index (κ1) is 19.9. The van der Waals surface area contributed by atoms with E-state index in [1.54, 1.807) is 24.3 Å². The fraction of sp³-hybridized carbons (Fsp3) is 0.364. The molecule has 0 spiro atoms. The third-order valence-corrected chi connectivity index (χ3v) is 5.33. The Hall–Kier alpha value is -3.42. The molecular formula is C22H24N4O4. The zero-order chi connectivity index (χ0) is 21.6. The lowest BCUT2D eigenvalue weighted by Crippen LogP contribution is -2.47. The van der Waals surface area contributed by atoms with Crippen molar-refractivity contribution >= 4 is 22.9 Å². The predicted octanol–water partition coefficient (Wildman–Crippen LogP) is 4.07. The van der Waals surface area contributed by atoms with Crippen LogP contribution in [-0.2, 0) is 17.8 Å². The highest BCUT2D eigenvalue weighted by atomic mass is 16.5. The van der Waals surface area contributed by atoms with E-state index in [1.807, 2.05) is 32.6 Å². The normalized spacial score (nSPS) is 16.4. The number of nitrogens with zero attached hydrogens (tertiary/aromatic N) is 4. The van der Waals surface area contributed by atoms with Crippen LogP contribution in [-0.4, -0.2) is 42.6 Å². The van der Waals surface area contributed by atoms with Crippen molar-refractivity contribution in [2.75, 3.05) is 0 Å². The number of hydrogen-bond donors (Lipinski definition) is 1. The van der Waals surface area contributed by atoms with Crippen LogP contribution in [0, 0.1) is 5.41 Å². The van der Waals surface area contributed by atoms with Gasteiger partial charge in [-0.15, -0.1) is 0 Å². The quantitative estimate of drug-likeness (QED) is 0.686. The second-order valence-electron chi connectivity index (χ2n) is 8.63. The Morgan fingerprint density at radius 2 is 1.97 bits per heavy atom. The first-order chi connectivity index (χ1) is 14.1. The Morgan fingerprint density at radius 3 is 2.67 bits per heavy atom. The second kappa shape index (κ2) is 7.12. The lowest BCUT2D eigenvalue weighted by Gasteiger charge is -2.38. The molecule has 8 heteroatoms. The summed E-state index contributed by atoms with van der Waals surface area (Å²) in [4.78, 5) is 34.6. The Balaban J connectivity index is 1.63. The van der Waals surface area contributed by atoms with E-state index in [2.05, 4.69) is 9.97 Å². The van der Waals surface area contributed by atoms with Crippen LogP contribution in [0.3, 0.4) is 0 Å². The molecule has 0 bridgehead atoms. The van der Waals surface area contributed by atoms with Crippen LogP contribution >= 0.6 is 0 Å². The van der Waals surface area contributed by atoms with Gasteiger partial charge in [-0.1, -0.05) is 20.8 Å². The fourth-order valence-corrected chi connectivity index (χ4v) is 3.75. The summed E-state index contributed by atoms with van der Waals surface area (Å²) in [6.45, 7) is 8.19. The van der Waals surface area contributed by atoms with Gasteiger partial charge in [0.05, 0.1) is 17.8 Å². The number of hydrogen-bond acceptors (Lipinski definition) is 5. The molecule has 4 rings (SSSR count). The highest BCUT2D eigenvalue weighted by Gasteiger charge is 2.35. The van der Waals surface area contributed by atoms with Gasteiger partial charge in [-0.3, -0.25) is 9.36 Å². The van der Waals surface area contributed by atoms with E-state index in [0.29, 0.717) is 30.1 Å². The van der Waals surface area contributed by atoms with Crippen LogP contribution in [0.1, 0.15) is 39.0 Å². The molecule has 1 N–H and O–H groups in total. The average molecular weight is 408 g/mol. The number of fused-ring (bicyclic) bond motifs is 2. The minimum atomic E-state index is -1.04. The van der Waals surface area contributed by atoms with Crippen LogP contribution in [0.15, 0.2) is 36.8 Å². The van der Waals surface area contributed by atoms with Gasteiger partial charge in [0.1, 0.15) is 12.1 Å². The molecule has 1 aliphatic rings. The van der Waals surface area contributed by atoms with Crippen molar-refractivity contribution in [1.29, 1.82) is 0 Å². The Labute approximate surface area is 174 Å². The highest BCUT2D eigenvalue weighted by molar-refractivity contribution is 5.89. The lowest BCUT2D eigenvalue weighted by atomic mass is 9.91. The van der Waals surface area contributed by atoms with Crippen molar-refractivity contribution in [3.63, 3.8) is 0 Å². The zero-order valence-electron chi connectivity index (χ0n) is 17.4. The number of carbonyl (C=O) groups excluding carboxylic acids is 1. The molecule has 0 saturated heterocycles. The molecule has 1 atom stereocenters. The SMILES string of the molecule is C[C@H]1Cc2c(ncnc2Oc2ccc3c(ccn3C(=O)O)c2)CN1C(=O)C(C)(C)C. The molecule has 0 fully saturated rings. The molecular weight excluding hydrogens is 384 g/mol. The van der Waals surface area contributed by atoms with Crippen LogP contribution in [0.25, 0.3) is 10.9 Å². The van der Waals surface area contributed by atoms with Crippen LogP contribution in [0.4, 0.5) is 4.79 Å². The van der Waals surface area contributed by atoms with Gasteiger partial charge in [0.25, 0.3) is 0 Å². The van der Waals surface area contributed by atoms with Crippen molar-refractivity contribution in [1.82, 2.24) is 19.4 Å². The number of rotatable bonds is 2. The van der Waals surface area contributed by atoms with Crippen LogP contribution in [0.5, 0.6) is 11.6 Å². The van der Waals surface area contributed by atoms with E-state index >= 15 is 0 Å². The highest BCUT2D eigenvalue weighted by Crippen LogP contribution is 2.33. The molecule has 0 saturated carbocycles. The summed E-state index contributed by atoms with van der Waals surface area (Å²) in [5.41, 5.74) is 1.81. The summed E-state index contributed by atoms with van der Waals surface area (Å²) in [6, 6.07) is 6.94. The van der Waals surface area contributed by atoms with Gasteiger partial charge in [-0.05, 0) is 37.6 Å². The van der Waals surface area contributed by atoms with Gasteiger partial charge in [0, 0.05) is 28.6 Å². The van der Waals surface area contributed by atoms with Crippen molar-refractivity contribution in [2.45, 2.75) is 46.7 Å². The summed E-state index contributed by atoms with van der Waals surface area (Å²) < 4.78 is 7.22. The third-order valence-electron chi connectivity index (χ3n) is 5.33. The van der Waals surface area contributed by atoms with Gasteiger partial charge < -0.3 is 14.7 Å². The minimum absolute atomic E-state index is 0.00431. The van der Waals surface area contributed by atoms with Crippen molar-refractivity contribution in [2.24, 2.45) is 5.41 Å². The maximum Gasteiger partial charge on any atom is 0.415 e. The maximum absolute atomic E-state index is 12.8. The molecule has 2 aromatic heterocycles. The summed E-state index contributed by atoms with van der Waals surface area (Å²) in [6.07, 6.45) is 2.52. The Morgan fingerprint density at radius 1 is 1.20 bits per heavy atom. The summed E-state index contributed by atoms with van der Waals surface area (Å²) in [7, 11) is 0. The number of benzene rings is 1. The van der Waals surface area contributed by atoms with E-state index in [9.17, 15) is 14.7 Å². The summed E-state index contributed by atoms with van der Waals surface area (Å²) in [5, 5.41) is 9.99. The second-order valence-corrected chi connectivity index (χ2v) is 8.63. The summed E-state index contributed by atoms with van der Waals surface area (Å²) >= 11 is 0. The monoisotopic (exact) mass is 408 g/mol. The van der Waals surface area contributed by atoms with E-state index < -0.39 is 11.5 Å².